The molecule has 0 spiro atoms. The third-order valence-electron chi connectivity index (χ3n) is 4.54. The van der Waals surface area contributed by atoms with E-state index in [1.807, 2.05) is 0 Å². The molecule has 2 fully saturated rings. The lowest BCUT2D eigenvalue weighted by molar-refractivity contribution is -0.138. The van der Waals surface area contributed by atoms with Crippen molar-refractivity contribution in [1.82, 2.24) is 4.90 Å². The van der Waals surface area contributed by atoms with Gasteiger partial charge < -0.3 is 4.90 Å². The van der Waals surface area contributed by atoms with Crippen LogP contribution in [-0.2, 0) is 4.79 Å². The predicted octanol–water partition coefficient (Wildman–Crippen LogP) is 3.56. The monoisotopic (exact) mass is 251 g/mol. The standard InChI is InChI=1S/C16H29NO/c1-11(2)9-17(10-12(3)4)16(18)15-8-13-5-6-14(15)7-13/h11-15H,5-10H2,1-4H3/t13-,14+,15-/m0/s1. The lowest BCUT2D eigenvalue weighted by Gasteiger charge is -2.32. The Balaban J connectivity index is 1.98. The molecule has 0 heterocycles. The molecule has 0 aromatic heterocycles. The van der Waals surface area contributed by atoms with Crippen LogP contribution in [0, 0.1) is 29.6 Å². The van der Waals surface area contributed by atoms with Crippen LogP contribution in [0.4, 0.5) is 0 Å². The molecule has 0 radical (unpaired) electrons. The zero-order valence-corrected chi connectivity index (χ0v) is 12.5. The van der Waals surface area contributed by atoms with E-state index in [0.29, 0.717) is 29.6 Å². The first kappa shape index (κ1) is 13.9. The van der Waals surface area contributed by atoms with Crippen LogP contribution < -0.4 is 0 Å². The van der Waals surface area contributed by atoms with E-state index in [-0.39, 0.29) is 0 Å². The van der Waals surface area contributed by atoms with Crippen molar-refractivity contribution in [3.63, 3.8) is 0 Å². The Morgan fingerprint density at radius 1 is 1.06 bits per heavy atom. The Morgan fingerprint density at radius 3 is 2.06 bits per heavy atom. The van der Waals surface area contributed by atoms with Gasteiger partial charge in [-0.3, -0.25) is 4.79 Å². The van der Waals surface area contributed by atoms with Gasteiger partial charge in [0.2, 0.25) is 5.91 Å². The number of nitrogens with zero attached hydrogens (tertiary/aromatic N) is 1. The van der Waals surface area contributed by atoms with Crippen molar-refractivity contribution in [2.24, 2.45) is 29.6 Å². The molecular formula is C16H29NO. The van der Waals surface area contributed by atoms with Gasteiger partial charge >= 0.3 is 0 Å². The summed E-state index contributed by atoms with van der Waals surface area (Å²) in [6.07, 6.45) is 5.19. The Hall–Kier alpha value is -0.530. The third kappa shape index (κ3) is 3.07. The Bertz CT molecular complexity index is 287. The van der Waals surface area contributed by atoms with Crippen LogP contribution in [0.15, 0.2) is 0 Å². The number of rotatable bonds is 5. The van der Waals surface area contributed by atoms with E-state index in [2.05, 4.69) is 32.6 Å². The fraction of sp³-hybridized carbons (Fsp3) is 0.938. The molecule has 0 N–H and O–H groups in total. The highest BCUT2D eigenvalue weighted by atomic mass is 16.2. The lowest BCUT2D eigenvalue weighted by Crippen LogP contribution is -2.42. The topological polar surface area (TPSA) is 20.3 Å². The largest absolute Gasteiger partial charge is 0.342 e. The predicted molar refractivity (Wildman–Crippen MR) is 75.2 cm³/mol. The van der Waals surface area contributed by atoms with E-state index in [1.165, 1.54) is 25.7 Å². The molecule has 0 aromatic rings. The fourth-order valence-electron chi connectivity index (χ4n) is 3.92. The molecule has 0 aliphatic heterocycles. The van der Waals surface area contributed by atoms with Crippen LogP contribution in [0.2, 0.25) is 0 Å². The van der Waals surface area contributed by atoms with Crippen LogP contribution in [0.1, 0.15) is 53.4 Å². The minimum atomic E-state index is 0.362. The molecule has 1 amide bonds. The fourth-order valence-corrected chi connectivity index (χ4v) is 3.92. The lowest BCUT2D eigenvalue weighted by atomic mass is 9.87. The van der Waals surface area contributed by atoms with Crippen molar-refractivity contribution in [3.05, 3.63) is 0 Å². The second-order valence-electron chi connectivity index (χ2n) is 7.31. The summed E-state index contributed by atoms with van der Waals surface area (Å²) in [4.78, 5) is 14.9. The summed E-state index contributed by atoms with van der Waals surface area (Å²) in [5.74, 6) is 3.55. The number of amides is 1. The number of carbonyl (C=O) groups excluding carboxylic acids is 1. The molecule has 18 heavy (non-hydrogen) atoms. The molecule has 2 heteroatoms. The van der Waals surface area contributed by atoms with Gasteiger partial charge in [-0.15, -0.1) is 0 Å². The van der Waals surface area contributed by atoms with Gasteiger partial charge in [0.1, 0.15) is 0 Å². The van der Waals surface area contributed by atoms with Crippen molar-refractivity contribution in [2.45, 2.75) is 53.4 Å². The van der Waals surface area contributed by atoms with Crippen LogP contribution >= 0.6 is 0 Å². The van der Waals surface area contributed by atoms with Gasteiger partial charge in [-0.1, -0.05) is 34.1 Å². The van der Waals surface area contributed by atoms with Gasteiger partial charge in [-0.25, -0.2) is 0 Å². The molecule has 2 saturated carbocycles. The van der Waals surface area contributed by atoms with Gasteiger partial charge in [0.15, 0.2) is 0 Å². The maximum atomic E-state index is 12.7. The molecule has 2 aliphatic rings. The minimum Gasteiger partial charge on any atom is -0.342 e. The number of hydrogen-bond donors (Lipinski definition) is 0. The van der Waals surface area contributed by atoms with Gasteiger partial charge in [-0.05, 0) is 42.9 Å². The SMILES string of the molecule is CC(C)CN(CC(C)C)C(=O)[C@H]1C[C@H]2CC[C@@H]1C2. The number of carbonyl (C=O) groups is 1. The molecule has 2 nitrogen and oxygen atoms in total. The highest BCUT2D eigenvalue weighted by Gasteiger charge is 2.44. The minimum absolute atomic E-state index is 0.362. The summed E-state index contributed by atoms with van der Waals surface area (Å²) in [7, 11) is 0. The zero-order chi connectivity index (χ0) is 13.3. The average Bonchev–Trinajstić information content (AvgIpc) is 2.87. The van der Waals surface area contributed by atoms with Crippen molar-refractivity contribution in [3.8, 4) is 0 Å². The average molecular weight is 251 g/mol. The van der Waals surface area contributed by atoms with Crippen molar-refractivity contribution in [1.29, 1.82) is 0 Å². The zero-order valence-electron chi connectivity index (χ0n) is 12.5. The molecule has 3 atom stereocenters. The number of fused-ring (bicyclic) bond motifs is 2. The maximum Gasteiger partial charge on any atom is 0.225 e. The van der Waals surface area contributed by atoms with E-state index in [4.69, 9.17) is 0 Å². The summed E-state index contributed by atoms with van der Waals surface area (Å²) in [5, 5.41) is 0. The van der Waals surface area contributed by atoms with E-state index in [1.54, 1.807) is 0 Å². The second-order valence-corrected chi connectivity index (χ2v) is 7.31. The Labute approximate surface area is 112 Å². The number of hydrogen-bond acceptors (Lipinski definition) is 1. The second kappa shape index (κ2) is 5.63. The first-order chi connectivity index (χ1) is 8.47. The van der Waals surface area contributed by atoms with E-state index in [9.17, 15) is 4.79 Å². The van der Waals surface area contributed by atoms with Crippen LogP contribution in [0.25, 0.3) is 0 Å². The quantitative estimate of drug-likeness (QED) is 0.731. The maximum absolute atomic E-state index is 12.7. The van der Waals surface area contributed by atoms with Crippen molar-refractivity contribution in [2.75, 3.05) is 13.1 Å². The highest BCUT2D eigenvalue weighted by molar-refractivity contribution is 5.79. The molecule has 2 rings (SSSR count). The van der Waals surface area contributed by atoms with Gasteiger partial charge in [-0.2, -0.15) is 0 Å². The van der Waals surface area contributed by atoms with Crippen LogP contribution in [0.3, 0.4) is 0 Å². The summed E-state index contributed by atoms with van der Waals surface area (Å²) in [6, 6.07) is 0. The molecule has 0 aromatic carbocycles. The van der Waals surface area contributed by atoms with Crippen molar-refractivity contribution < 1.29 is 4.79 Å². The van der Waals surface area contributed by atoms with Crippen molar-refractivity contribution >= 4 is 5.91 Å². The molecule has 104 valence electrons. The highest BCUT2D eigenvalue weighted by Crippen LogP contribution is 2.48. The molecule has 2 aliphatic carbocycles. The summed E-state index contributed by atoms with van der Waals surface area (Å²) in [5.41, 5.74) is 0. The van der Waals surface area contributed by atoms with E-state index in [0.717, 1.165) is 19.0 Å². The third-order valence-corrected chi connectivity index (χ3v) is 4.54. The molecule has 0 saturated heterocycles. The first-order valence-corrected chi connectivity index (χ1v) is 7.76. The Kier molecular flexibility index (Phi) is 4.34. The Morgan fingerprint density at radius 2 is 1.67 bits per heavy atom. The molecule has 2 bridgehead atoms. The van der Waals surface area contributed by atoms with E-state index >= 15 is 0 Å². The normalized spacial score (nSPS) is 30.4. The van der Waals surface area contributed by atoms with E-state index < -0.39 is 0 Å². The van der Waals surface area contributed by atoms with Gasteiger partial charge in [0.05, 0.1) is 0 Å². The van der Waals surface area contributed by atoms with Gasteiger partial charge in [0.25, 0.3) is 0 Å². The first-order valence-electron chi connectivity index (χ1n) is 7.76. The summed E-state index contributed by atoms with van der Waals surface area (Å²) >= 11 is 0. The smallest absolute Gasteiger partial charge is 0.225 e. The van der Waals surface area contributed by atoms with Crippen LogP contribution in [-0.4, -0.2) is 23.9 Å². The summed E-state index contributed by atoms with van der Waals surface area (Å²) < 4.78 is 0. The molecule has 0 unspecified atom stereocenters. The molecular weight excluding hydrogens is 222 g/mol. The summed E-state index contributed by atoms with van der Waals surface area (Å²) in [6.45, 7) is 10.7. The van der Waals surface area contributed by atoms with Gasteiger partial charge in [0, 0.05) is 19.0 Å². The van der Waals surface area contributed by atoms with Crippen LogP contribution in [0.5, 0.6) is 0 Å².